The lowest BCUT2D eigenvalue weighted by Gasteiger charge is -2.25. The minimum absolute atomic E-state index is 0.0846. The lowest BCUT2D eigenvalue weighted by molar-refractivity contribution is -0.128. The van der Waals surface area contributed by atoms with Crippen LogP contribution < -0.4 is 4.31 Å². The maximum absolute atomic E-state index is 13.3. The van der Waals surface area contributed by atoms with Crippen LogP contribution in [0, 0.1) is 11.6 Å². The molecule has 5 nitrogen and oxygen atoms in total. The number of unbranched alkanes of at least 4 members (excludes halogenated alkanes) is 1. The zero-order valence-corrected chi connectivity index (χ0v) is 13.7. The van der Waals surface area contributed by atoms with Gasteiger partial charge in [0, 0.05) is 19.7 Å². The lowest BCUT2D eigenvalue weighted by atomic mass is 10.3. The van der Waals surface area contributed by atoms with Gasteiger partial charge in [-0.3, -0.25) is 9.10 Å². The zero-order chi connectivity index (χ0) is 16.9. The highest BCUT2D eigenvalue weighted by Gasteiger charge is 2.23. The van der Waals surface area contributed by atoms with Gasteiger partial charge in [-0.15, -0.1) is 0 Å². The third-order valence-corrected chi connectivity index (χ3v) is 4.28. The molecule has 0 fully saturated rings. The number of hydrogen-bond donors (Lipinski definition) is 0. The second-order valence-corrected chi connectivity index (χ2v) is 6.94. The molecule has 22 heavy (non-hydrogen) atoms. The average Bonchev–Trinajstić information content (AvgIpc) is 2.43. The quantitative estimate of drug-likeness (QED) is 0.766. The minimum Gasteiger partial charge on any atom is -0.344 e. The van der Waals surface area contributed by atoms with Crippen LogP contribution in [0.25, 0.3) is 0 Å². The van der Waals surface area contributed by atoms with Gasteiger partial charge in [0.15, 0.2) is 11.6 Å². The molecule has 0 atom stereocenters. The van der Waals surface area contributed by atoms with Crippen molar-refractivity contribution in [3.8, 4) is 0 Å². The number of carbonyl (C=O) groups is 1. The smallest absolute Gasteiger partial charge is 0.243 e. The number of benzene rings is 1. The Labute approximate surface area is 129 Å². The van der Waals surface area contributed by atoms with Crippen LogP contribution in [0.4, 0.5) is 14.5 Å². The van der Waals surface area contributed by atoms with Crippen LogP contribution in [0.1, 0.15) is 19.8 Å². The fourth-order valence-corrected chi connectivity index (χ4v) is 2.65. The van der Waals surface area contributed by atoms with Crippen molar-refractivity contribution in [3.63, 3.8) is 0 Å². The first-order chi connectivity index (χ1) is 10.2. The Hall–Kier alpha value is -1.70. The van der Waals surface area contributed by atoms with Gasteiger partial charge >= 0.3 is 0 Å². The van der Waals surface area contributed by atoms with Gasteiger partial charge in [0.1, 0.15) is 6.54 Å². The molecule has 0 heterocycles. The highest BCUT2D eigenvalue weighted by atomic mass is 32.2. The first-order valence-electron chi connectivity index (χ1n) is 6.83. The number of sulfonamides is 1. The molecule has 0 aliphatic heterocycles. The van der Waals surface area contributed by atoms with Gasteiger partial charge in [-0.1, -0.05) is 13.3 Å². The number of hydrogen-bond acceptors (Lipinski definition) is 3. The zero-order valence-electron chi connectivity index (χ0n) is 12.8. The number of halogens is 2. The van der Waals surface area contributed by atoms with Gasteiger partial charge in [-0.2, -0.15) is 0 Å². The molecule has 8 heteroatoms. The molecule has 1 rings (SSSR count). The summed E-state index contributed by atoms with van der Waals surface area (Å²) in [7, 11) is -2.23. The Morgan fingerprint density at radius 3 is 2.36 bits per heavy atom. The van der Waals surface area contributed by atoms with E-state index >= 15 is 0 Å². The standard InChI is InChI=1S/C14H20F2N2O3S/c1-4-5-8-17(2)14(19)10-18(22(3,20)21)11-6-7-12(15)13(16)9-11/h6-7,9H,4-5,8,10H2,1-3H3. The van der Waals surface area contributed by atoms with Crippen LogP contribution in [0.15, 0.2) is 18.2 Å². The number of amides is 1. The molecule has 0 saturated carbocycles. The van der Waals surface area contributed by atoms with Crippen molar-refractivity contribution in [3.05, 3.63) is 29.8 Å². The molecule has 0 aliphatic carbocycles. The summed E-state index contributed by atoms with van der Waals surface area (Å²) in [6.07, 6.45) is 2.61. The minimum atomic E-state index is -3.80. The van der Waals surface area contributed by atoms with Crippen LogP contribution in [0.2, 0.25) is 0 Å². The average molecular weight is 334 g/mol. The fourth-order valence-electron chi connectivity index (χ4n) is 1.80. The van der Waals surface area contributed by atoms with E-state index in [1.54, 1.807) is 7.05 Å². The summed E-state index contributed by atoms with van der Waals surface area (Å²) in [5.41, 5.74) is -0.0846. The second-order valence-electron chi connectivity index (χ2n) is 5.04. The highest BCUT2D eigenvalue weighted by molar-refractivity contribution is 7.92. The Morgan fingerprint density at radius 1 is 1.23 bits per heavy atom. The Balaban J connectivity index is 3.00. The van der Waals surface area contributed by atoms with Crippen molar-refractivity contribution in [2.24, 2.45) is 0 Å². The Bertz CT molecular complexity index is 635. The molecule has 0 saturated heterocycles. The van der Waals surface area contributed by atoms with Crippen molar-refractivity contribution in [2.75, 3.05) is 30.7 Å². The molecule has 1 aromatic rings. The van der Waals surface area contributed by atoms with Crippen molar-refractivity contribution < 1.29 is 22.0 Å². The van der Waals surface area contributed by atoms with Crippen molar-refractivity contribution in [1.29, 1.82) is 0 Å². The largest absolute Gasteiger partial charge is 0.344 e. The number of nitrogens with zero attached hydrogens (tertiary/aromatic N) is 2. The number of likely N-dealkylation sites (N-methyl/N-ethyl adjacent to an activating group) is 1. The van der Waals surface area contributed by atoms with Crippen molar-refractivity contribution >= 4 is 21.6 Å². The molecular weight excluding hydrogens is 314 g/mol. The molecule has 0 N–H and O–H groups in total. The molecule has 0 unspecified atom stereocenters. The van der Waals surface area contributed by atoms with Crippen molar-refractivity contribution in [1.82, 2.24) is 4.90 Å². The SMILES string of the molecule is CCCCN(C)C(=O)CN(c1ccc(F)c(F)c1)S(C)(=O)=O. The van der Waals surface area contributed by atoms with E-state index in [1.165, 1.54) is 4.90 Å². The normalized spacial score (nSPS) is 11.3. The third kappa shape index (κ3) is 4.94. The summed E-state index contributed by atoms with van der Waals surface area (Å²) in [6.45, 7) is 2.03. The fraction of sp³-hybridized carbons (Fsp3) is 0.500. The van der Waals surface area contributed by atoms with E-state index in [9.17, 15) is 22.0 Å². The van der Waals surface area contributed by atoms with Gasteiger partial charge in [0.2, 0.25) is 15.9 Å². The second kappa shape index (κ2) is 7.53. The first kappa shape index (κ1) is 18.3. The summed E-state index contributed by atoms with van der Waals surface area (Å²) < 4.78 is 50.7. The summed E-state index contributed by atoms with van der Waals surface area (Å²) in [5, 5.41) is 0. The van der Waals surface area contributed by atoms with Gasteiger partial charge in [0.05, 0.1) is 11.9 Å². The summed E-state index contributed by atoms with van der Waals surface area (Å²) in [5.74, 6) is -2.66. The number of anilines is 1. The van der Waals surface area contributed by atoms with Crippen LogP contribution in [0.5, 0.6) is 0 Å². The maximum Gasteiger partial charge on any atom is 0.243 e. The van der Waals surface area contributed by atoms with E-state index < -0.39 is 34.1 Å². The highest BCUT2D eigenvalue weighted by Crippen LogP contribution is 2.20. The predicted molar refractivity (Wildman–Crippen MR) is 81.1 cm³/mol. The van der Waals surface area contributed by atoms with E-state index in [2.05, 4.69) is 0 Å². The van der Waals surface area contributed by atoms with Gasteiger partial charge in [0.25, 0.3) is 0 Å². The Kier molecular flexibility index (Phi) is 6.28. The van der Waals surface area contributed by atoms with E-state index in [0.29, 0.717) is 6.54 Å². The van der Waals surface area contributed by atoms with E-state index in [0.717, 1.165) is 41.6 Å². The van der Waals surface area contributed by atoms with Crippen LogP contribution >= 0.6 is 0 Å². The van der Waals surface area contributed by atoms with E-state index in [4.69, 9.17) is 0 Å². The summed E-state index contributed by atoms with van der Waals surface area (Å²) in [6, 6.07) is 2.71. The summed E-state index contributed by atoms with van der Waals surface area (Å²) in [4.78, 5) is 13.5. The van der Waals surface area contributed by atoms with Gasteiger partial charge in [-0.25, -0.2) is 17.2 Å². The molecule has 0 radical (unpaired) electrons. The Morgan fingerprint density at radius 2 is 1.86 bits per heavy atom. The van der Waals surface area contributed by atoms with E-state index in [-0.39, 0.29) is 5.69 Å². The molecule has 0 bridgehead atoms. The monoisotopic (exact) mass is 334 g/mol. The molecule has 1 aromatic carbocycles. The van der Waals surface area contributed by atoms with Gasteiger partial charge in [-0.05, 0) is 18.6 Å². The van der Waals surface area contributed by atoms with Crippen molar-refractivity contribution in [2.45, 2.75) is 19.8 Å². The topological polar surface area (TPSA) is 57.7 Å². The molecule has 0 aliphatic rings. The van der Waals surface area contributed by atoms with Gasteiger partial charge < -0.3 is 4.90 Å². The van der Waals surface area contributed by atoms with Crippen LogP contribution in [-0.2, 0) is 14.8 Å². The molecular formula is C14H20F2N2O3S. The van der Waals surface area contributed by atoms with E-state index in [1.807, 2.05) is 6.92 Å². The molecule has 1 amide bonds. The third-order valence-electron chi connectivity index (χ3n) is 3.14. The van der Waals surface area contributed by atoms with Crippen LogP contribution in [-0.4, -0.2) is 45.6 Å². The first-order valence-corrected chi connectivity index (χ1v) is 8.68. The number of rotatable bonds is 7. The molecule has 0 spiro atoms. The molecule has 0 aromatic heterocycles. The lowest BCUT2D eigenvalue weighted by Crippen LogP contribution is -2.41. The summed E-state index contributed by atoms with van der Waals surface area (Å²) >= 11 is 0. The number of carbonyl (C=O) groups excluding carboxylic acids is 1. The predicted octanol–water partition coefficient (Wildman–Crippen LogP) is 1.99. The maximum atomic E-state index is 13.3. The van der Waals surface area contributed by atoms with Crippen LogP contribution in [0.3, 0.4) is 0 Å². The molecule has 124 valence electrons.